The van der Waals surface area contributed by atoms with Gasteiger partial charge in [-0.3, -0.25) is 4.98 Å². The maximum atomic E-state index is 5.90. The highest BCUT2D eigenvalue weighted by Gasteiger charge is 2.17. The van der Waals surface area contributed by atoms with E-state index in [1.165, 1.54) is 11.1 Å². The molecule has 1 aromatic rings. The van der Waals surface area contributed by atoms with Gasteiger partial charge in [0.25, 0.3) is 0 Å². The van der Waals surface area contributed by atoms with Crippen molar-refractivity contribution in [2.45, 2.75) is 32.3 Å². The number of rotatable bonds is 4. The summed E-state index contributed by atoms with van der Waals surface area (Å²) in [6.45, 7) is 4.91. The fourth-order valence-corrected chi connectivity index (χ4v) is 3.21. The maximum absolute atomic E-state index is 5.90. The number of morpholine rings is 1. The van der Waals surface area contributed by atoms with Gasteiger partial charge in [0.1, 0.15) is 0 Å². The van der Waals surface area contributed by atoms with E-state index in [0.29, 0.717) is 10.9 Å². The molecule has 2 atom stereocenters. The topological polar surface area (TPSA) is 34.2 Å². The molecule has 2 aliphatic rings. The molecule has 1 N–H and O–H groups in total. The second-order valence-corrected chi connectivity index (χ2v) is 6.96. The highest BCUT2D eigenvalue weighted by molar-refractivity contribution is 6.30. The summed E-state index contributed by atoms with van der Waals surface area (Å²) in [7, 11) is 0. The first-order valence-electron chi connectivity index (χ1n) is 8.72. The summed E-state index contributed by atoms with van der Waals surface area (Å²) in [4.78, 5) is 4.39. The molecule has 0 spiro atoms. The van der Waals surface area contributed by atoms with Gasteiger partial charge in [-0.1, -0.05) is 48.4 Å². The molecule has 2 heterocycles. The number of ether oxygens (including phenoxy) is 1. The molecule has 3 nitrogen and oxygen atoms in total. The van der Waals surface area contributed by atoms with Gasteiger partial charge in [-0.25, -0.2) is 0 Å². The molecule has 1 aliphatic carbocycles. The number of pyridine rings is 1. The van der Waals surface area contributed by atoms with Gasteiger partial charge in [-0.15, -0.1) is 0 Å². The van der Waals surface area contributed by atoms with Gasteiger partial charge < -0.3 is 10.1 Å². The third kappa shape index (κ3) is 5.04. The van der Waals surface area contributed by atoms with Crippen LogP contribution in [0.1, 0.15) is 25.5 Å². The van der Waals surface area contributed by atoms with Gasteiger partial charge >= 0.3 is 0 Å². The molecule has 0 amide bonds. The molecular weight excluding hydrogens is 320 g/mol. The predicted molar refractivity (Wildman–Crippen MR) is 99.3 cm³/mol. The summed E-state index contributed by atoms with van der Waals surface area (Å²) in [6, 6.07) is 3.91. The lowest BCUT2D eigenvalue weighted by Crippen LogP contribution is -2.39. The highest BCUT2D eigenvalue weighted by Crippen LogP contribution is 2.22. The van der Waals surface area contributed by atoms with Gasteiger partial charge in [0.05, 0.1) is 17.7 Å². The van der Waals surface area contributed by atoms with Crippen LogP contribution in [0, 0.1) is 5.92 Å². The molecule has 0 radical (unpaired) electrons. The van der Waals surface area contributed by atoms with E-state index in [1.54, 1.807) is 6.20 Å². The fourth-order valence-electron chi connectivity index (χ4n) is 3.09. The Morgan fingerprint density at radius 2 is 2.21 bits per heavy atom. The number of hydrogen-bond acceptors (Lipinski definition) is 3. The van der Waals surface area contributed by atoms with Crippen LogP contribution in [0.15, 0.2) is 53.8 Å². The molecule has 4 heteroatoms. The minimum atomic E-state index is 0.180. The molecule has 1 fully saturated rings. The lowest BCUT2D eigenvalue weighted by Gasteiger charge is -2.25. The highest BCUT2D eigenvalue weighted by atomic mass is 35.5. The summed E-state index contributed by atoms with van der Waals surface area (Å²) in [5.41, 5.74) is 3.75. The van der Waals surface area contributed by atoms with E-state index in [2.05, 4.69) is 41.5 Å². The Hall–Kier alpha value is -1.42. The molecule has 0 bridgehead atoms. The first-order valence-corrected chi connectivity index (χ1v) is 9.10. The average Bonchev–Trinajstić information content (AvgIpc) is 2.59. The van der Waals surface area contributed by atoms with Crippen LogP contribution >= 0.6 is 11.6 Å². The lowest BCUT2D eigenvalue weighted by molar-refractivity contribution is 0.0537. The molecular formula is C20H25ClN2O. The largest absolute Gasteiger partial charge is 0.371 e. The Morgan fingerprint density at radius 3 is 2.96 bits per heavy atom. The summed E-state index contributed by atoms with van der Waals surface area (Å²) in [6.07, 6.45) is 14.1. The van der Waals surface area contributed by atoms with Crippen molar-refractivity contribution in [3.05, 3.63) is 64.5 Å². The zero-order chi connectivity index (χ0) is 16.8. The Labute approximate surface area is 149 Å². The van der Waals surface area contributed by atoms with Crippen LogP contribution in [-0.2, 0) is 11.2 Å². The molecule has 0 saturated carbocycles. The molecule has 1 aromatic heterocycles. The SMILES string of the molecule is CC1C=C(CCc2ccc(Cl)cn2)C=CC(C2CNCCO2)=CC1. The van der Waals surface area contributed by atoms with Crippen molar-refractivity contribution in [3.8, 4) is 0 Å². The minimum absolute atomic E-state index is 0.180. The third-order valence-electron chi connectivity index (χ3n) is 4.47. The number of allylic oxidation sites excluding steroid dienone is 4. The number of aromatic nitrogens is 1. The Morgan fingerprint density at radius 1 is 1.29 bits per heavy atom. The van der Waals surface area contributed by atoms with Gasteiger partial charge in [0, 0.05) is 25.0 Å². The van der Waals surface area contributed by atoms with E-state index >= 15 is 0 Å². The number of nitrogens with zero attached hydrogens (tertiary/aromatic N) is 1. The van der Waals surface area contributed by atoms with Crippen molar-refractivity contribution in [2.75, 3.05) is 19.7 Å². The molecule has 0 aromatic carbocycles. The Balaban J connectivity index is 1.65. The predicted octanol–water partition coefficient (Wildman–Crippen LogP) is 4.10. The van der Waals surface area contributed by atoms with Crippen LogP contribution < -0.4 is 5.32 Å². The molecule has 24 heavy (non-hydrogen) atoms. The molecule has 2 unspecified atom stereocenters. The smallest absolute Gasteiger partial charge is 0.0946 e. The average molecular weight is 345 g/mol. The van der Waals surface area contributed by atoms with E-state index in [9.17, 15) is 0 Å². The maximum Gasteiger partial charge on any atom is 0.0946 e. The van der Waals surface area contributed by atoms with Crippen molar-refractivity contribution in [1.82, 2.24) is 10.3 Å². The summed E-state index contributed by atoms with van der Waals surface area (Å²) in [5, 5.41) is 4.10. The van der Waals surface area contributed by atoms with Crippen LogP contribution in [-0.4, -0.2) is 30.8 Å². The molecule has 1 aliphatic heterocycles. The second kappa shape index (κ2) is 8.61. The third-order valence-corrected chi connectivity index (χ3v) is 4.70. The first-order chi connectivity index (χ1) is 11.7. The molecule has 3 rings (SSSR count). The summed E-state index contributed by atoms with van der Waals surface area (Å²) in [5.74, 6) is 0.537. The van der Waals surface area contributed by atoms with E-state index < -0.39 is 0 Å². The van der Waals surface area contributed by atoms with Crippen molar-refractivity contribution in [3.63, 3.8) is 0 Å². The van der Waals surface area contributed by atoms with Crippen LogP contribution in [0.4, 0.5) is 0 Å². The number of nitrogens with one attached hydrogen (secondary N) is 1. The van der Waals surface area contributed by atoms with Crippen molar-refractivity contribution >= 4 is 11.6 Å². The zero-order valence-electron chi connectivity index (χ0n) is 14.2. The van der Waals surface area contributed by atoms with Crippen molar-refractivity contribution in [2.24, 2.45) is 5.92 Å². The van der Waals surface area contributed by atoms with Gasteiger partial charge in [0.2, 0.25) is 0 Å². The summed E-state index contributed by atoms with van der Waals surface area (Å²) < 4.78 is 5.90. The number of aryl methyl sites for hydroxylation is 1. The molecule has 128 valence electrons. The van der Waals surface area contributed by atoms with E-state index in [0.717, 1.165) is 44.7 Å². The standard InChI is InChI=1S/C20H25ClN2O/c1-15-2-5-17(20-14-22-10-11-24-20)6-3-16(12-15)4-8-19-9-7-18(21)13-23-19/h3,5-7,9,12-13,15,20,22H,2,4,8,10-11,14H2,1H3. The van der Waals surface area contributed by atoms with E-state index in [1.807, 2.05) is 12.1 Å². The Bertz CT molecular complexity index is 628. The first kappa shape index (κ1) is 17.4. The normalized spacial score (nSPS) is 24.8. The van der Waals surface area contributed by atoms with Crippen molar-refractivity contribution < 1.29 is 4.74 Å². The quantitative estimate of drug-likeness (QED) is 0.892. The minimum Gasteiger partial charge on any atom is -0.371 e. The van der Waals surface area contributed by atoms with Gasteiger partial charge in [0.15, 0.2) is 0 Å². The van der Waals surface area contributed by atoms with Crippen LogP contribution in [0.3, 0.4) is 0 Å². The van der Waals surface area contributed by atoms with Crippen molar-refractivity contribution in [1.29, 1.82) is 0 Å². The van der Waals surface area contributed by atoms with Crippen LogP contribution in [0.5, 0.6) is 0 Å². The second-order valence-electron chi connectivity index (χ2n) is 6.52. The zero-order valence-corrected chi connectivity index (χ0v) is 14.9. The summed E-state index contributed by atoms with van der Waals surface area (Å²) >= 11 is 5.90. The van der Waals surface area contributed by atoms with E-state index in [-0.39, 0.29) is 6.10 Å². The van der Waals surface area contributed by atoms with Gasteiger partial charge in [-0.2, -0.15) is 0 Å². The monoisotopic (exact) mass is 344 g/mol. The molecule has 1 saturated heterocycles. The lowest BCUT2D eigenvalue weighted by atomic mass is 9.94. The van der Waals surface area contributed by atoms with Crippen LogP contribution in [0.25, 0.3) is 0 Å². The number of hydrogen-bond donors (Lipinski definition) is 1. The van der Waals surface area contributed by atoms with Gasteiger partial charge in [-0.05, 0) is 42.9 Å². The number of halogens is 1. The van der Waals surface area contributed by atoms with E-state index in [4.69, 9.17) is 16.3 Å². The van der Waals surface area contributed by atoms with Crippen LogP contribution in [0.2, 0.25) is 5.02 Å². The Kier molecular flexibility index (Phi) is 6.24. The fraction of sp³-hybridized carbons (Fsp3) is 0.450.